The smallest absolute Gasteiger partial charge is 0.244 e. The lowest BCUT2D eigenvalue weighted by molar-refractivity contribution is 0.0386. The second kappa shape index (κ2) is 5.58. The Bertz CT molecular complexity index is 520. The van der Waals surface area contributed by atoms with Crippen molar-refractivity contribution in [1.82, 2.24) is 14.5 Å². The predicted molar refractivity (Wildman–Crippen MR) is 68.1 cm³/mol. The highest BCUT2D eigenvalue weighted by atomic mass is 32.2. The molecular weight excluding hydrogens is 270 g/mol. The Morgan fingerprint density at radius 2 is 2.42 bits per heavy atom. The molecule has 0 aromatic carbocycles. The van der Waals surface area contributed by atoms with E-state index in [2.05, 4.69) is 9.82 Å². The number of hydrogen-bond donors (Lipinski definition) is 2. The van der Waals surface area contributed by atoms with E-state index in [-0.39, 0.29) is 18.0 Å². The number of aromatic nitrogens is 2. The fourth-order valence-corrected chi connectivity index (χ4v) is 3.48. The summed E-state index contributed by atoms with van der Waals surface area (Å²) in [5, 5.41) is 12.7. The maximum Gasteiger partial charge on any atom is 0.244 e. The average molecular weight is 289 g/mol. The summed E-state index contributed by atoms with van der Waals surface area (Å²) in [5.41, 5.74) is -0.573. The molecular formula is C11H19N3O4S. The van der Waals surface area contributed by atoms with Crippen molar-refractivity contribution in [3.05, 3.63) is 12.4 Å². The molecule has 19 heavy (non-hydrogen) atoms. The van der Waals surface area contributed by atoms with Gasteiger partial charge in [-0.15, -0.1) is 0 Å². The van der Waals surface area contributed by atoms with E-state index in [9.17, 15) is 8.42 Å². The minimum atomic E-state index is -3.61. The van der Waals surface area contributed by atoms with Crippen molar-refractivity contribution in [2.75, 3.05) is 19.8 Å². The predicted octanol–water partition coefficient (Wildman–Crippen LogP) is -0.277. The number of hydrogen-bond acceptors (Lipinski definition) is 5. The van der Waals surface area contributed by atoms with Gasteiger partial charge in [0.05, 0.1) is 31.5 Å². The van der Waals surface area contributed by atoms with Gasteiger partial charge in [0.25, 0.3) is 0 Å². The molecule has 8 heteroatoms. The van der Waals surface area contributed by atoms with E-state index in [0.717, 1.165) is 12.8 Å². The molecule has 0 radical (unpaired) electrons. The molecule has 1 saturated heterocycles. The normalized spacial score (nSPS) is 24.5. The summed E-state index contributed by atoms with van der Waals surface area (Å²) < 4.78 is 33.9. The highest BCUT2D eigenvalue weighted by Crippen LogP contribution is 2.21. The van der Waals surface area contributed by atoms with E-state index in [0.29, 0.717) is 13.2 Å². The summed E-state index contributed by atoms with van der Waals surface area (Å²) in [7, 11) is -3.61. The fourth-order valence-electron chi connectivity index (χ4n) is 2.11. The Hall–Kier alpha value is -0.960. The Balaban J connectivity index is 2.12. The number of sulfonamides is 1. The maximum atomic E-state index is 12.2. The summed E-state index contributed by atoms with van der Waals surface area (Å²) >= 11 is 0. The van der Waals surface area contributed by atoms with E-state index in [1.54, 1.807) is 0 Å². The highest BCUT2D eigenvalue weighted by molar-refractivity contribution is 7.89. The van der Waals surface area contributed by atoms with Crippen LogP contribution in [0.25, 0.3) is 0 Å². The second-order valence-electron chi connectivity index (χ2n) is 4.99. The molecule has 108 valence electrons. The van der Waals surface area contributed by atoms with Crippen molar-refractivity contribution in [3.63, 3.8) is 0 Å². The average Bonchev–Trinajstić information content (AvgIpc) is 2.78. The van der Waals surface area contributed by atoms with Crippen LogP contribution in [0.15, 0.2) is 17.3 Å². The number of nitrogens with one attached hydrogen (secondary N) is 1. The zero-order valence-corrected chi connectivity index (χ0v) is 11.7. The number of aliphatic hydroxyl groups is 1. The van der Waals surface area contributed by atoms with Gasteiger partial charge in [-0.3, -0.25) is 4.68 Å². The van der Waals surface area contributed by atoms with Gasteiger partial charge in [0.1, 0.15) is 4.90 Å². The molecule has 1 aromatic heterocycles. The summed E-state index contributed by atoms with van der Waals surface area (Å²) in [6.07, 6.45) is 4.27. The van der Waals surface area contributed by atoms with Crippen molar-refractivity contribution in [2.45, 2.75) is 36.7 Å². The number of ether oxygens (including phenoxy) is 1. The molecule has 2 N–H and O–H groups in total. The van der Waals surface area contributed by atoms with E-state index in [4.69, 9.17) is 9.84 Å². The standard InChI is InChI=1S/C11H19N3O4S/c1-11(3-2-6-18-9-11)13-19(16,17)10-7-12-14(8-10)4-5-15/h7-8,13,15H,2-6,9H2,1H3. The van der Waals surface area contributed by atoms with Gasteiger partial charge < -0.3 is 9.84 Å². The number of nitrogens with zero attached hydrogens (tertiary/aromatic N) is 2. The molecule has 0 spiro atoms. The van der Waals surface area contributed by atoms with Crippen molar-refractivity contribution < 1.29 is 18.3 Å². The first-order valence-electron chi connectivity index (χ1n) is 6.20. The lowest BCUT2D eigenvalue weighted by Crippen LogP contribution is -2.51. The maximum absolute atomic E-state index is 12.2. The van der Waals surface area contributed by atoms with E-state index >= 15 is 0 Å². The molecule has 0 aliphatic carbocycles. The van der Waals surface area contributed by atoms with Gasteiger partial charge in [0, 0.05) is 12.8 Å². The van der Waals surface area contributed by atoms with Gasteiger partial charge in [-0.25, -0.2) is 13.1 Å². The van der Waals surface area contributed by atoms with Crippen LogP contribution in [-0.2, 0) is 21.3 Å². The van der Waals surface area contributed by atoms with Crippen LogP contribution in [0, 0.1) is 0 Å². The molecule has 1 aromatic rings. The van der Waals surface area contributed by atoms with E-state index in [1.807, 2.05) is 6.92 Å². The van der Waals surface area contributed by atoms with Gasteiger partial charge in [-0.1, -0.05) is 0 Å². The molecule has 1 aliphatic heterocycles. The van der Waals surface area contributed by atoms with Crippen LogP contribution in [0.1, 0.15) is 19.8 Å². The second-order valence-corrected chi connectivity index (χ2v) is 6.67. The largest absolute Gasteiger partial charge is 0.394 e. The SMILES string of the molecule is CC1(NS(=O)(=O)c2cnn(CCO)c2)CCCOC1. The number of rotatable bonds is 5. The summed E-state index contributed by atoms with van der Waals surface area (Å²) in [4.78, 5) is 0.104. The van der Waals surface area contributed by atoms with Gasteiger partial charge in [0.2, 0.25) is 10.0 Å². The molecule has 7 nitrogen and oxygen atoms in total. The molecule has 1 aliphatic rings. The lowest BCUT2D eigenvalue weighted by atomic mass is 9.97. The molecule has 0 bridgehead atoms. The quantitative estimate of drug-likeness (QED) is 0.778. The van der Waals surface area contributed by atoms with Crippen molar-refractivity contribution in [3.8, 4) is 0 Å². The van der Waals surface area contributed by atoms with Crippen LogP contribution in [-0.4, -0.2) is 48.7 Å². The third kappa shape index (κ3) is 3.53. The first-order chi connectivity index (χ1) is 8.95. The van der Waals surface area contributed by atoms with E-state index in [1.165, 1.54) is 17.1 Å². The molecule has 2 rings (SSSR count). The highest BCUT2D eigenvalue weighted by Gasteiger charge is 2.33. The first kappa shape index (κ1) is 14.4. The minimum absolute atomic E-state index is 0.0832. The minimum Gasteiger partial charge on any atom is -0.394 e. The van der Waals surface area contributed by atoms with E-state index < -0.39 is 15.6 Å². The Morgan fingerprint density at radius 1 is 1.63 bits per heavy atom. The molecule has 2 heterocycles. The third-order valence-electron chi connectivity index (χ3n) is 3.07. The van der Waals surface area contributed by atoms with Gasteiger partial charge in [0.15, 0.2) is 0 Å². The van der Waals surface area contributed by atoms with Crippen LogP contribution in [0.4, 0.5) is 0 Å². The Morgan fingerprint density at radius 3 is 3.05 bits per heavy atom. The monoisotopic (exact) mass is 289 g/mol. The molecule has 0 saturated carbocycles. The molecule has 1 fully saturated rings. The van der Waals surface area contributed by atoms with Crippen LogP contribution < -0.4 is 4.72 Å². The molecule has 0 amide bonds. The van der Waals surface area contributed by atoms with Crippen LogP contribution in [0.5, 0.6) is 0 Å². The number of aliphatic hydroxyl groups excluding tert-OH is 1. The third-order valence-corrected chi connectivity index (χ3v) is 4.66. The zero-order valence-electron chi connectivity index (χ0n) is 10.9. The summed E-state index contributed by atoms with van der Waals surface area (Å²) in [5.74, 6) is 0. The lowest BCUT2D eigenvalue weighted by Gasteiger charge is -2.33. The summed E-state index contributed by atoms with van der Waals surface area (Å²) in [6, 6.07) is 0. The van der Waals surface area contributed by atoms with Crippen LogP contribution >= 0.6 is 0 Å². The molecule has 1 unspecified atom stereocenters. The van der Waals surface area contributed by atoms with Gasteiger partial charge in [-0.05, 0) is 19.8 Å². The topological polar surface area (TPSA) is 93.5 Å². The van der Waals surface area contributed by atoms with Crippen LogP contribution in [0.3, 0.4) is 0 Å². The molecule has 1 atom stereocenters. The van der Waals surface area contributed by atoms with Crippen molar-refractivity contribution >= 4 is 10.0 Å². The summed E-state index contributed by atoms with van der Waals surface area (Å²) in [6.45, 7) is 3.07. The van der Waals surface area contributed by atoms with Crippen LogP contribution in [0.2, 0.25) is 0 Å². The Labute approximate surface area is 112 Å². The first-order valence-corrected chi connectivity index (χ1v) is 7.69. The van der Waals surface area contributed by atoms with Gasteiger partial charge >= 0.3 is 0 Å². The Kier molecular flexibility index (Phi) is 4.24. The van der Waals surface area contributed by atoms with Crippen molar-refractivity contribution in [1.29, 1.82) is 0 Å². The zero-order chi connectivity index (χ0) is 13.9. The fraction of sp³-hybridized carbons (Fsp3) is 0.727. The van der Waals surface area contributed by atoms with Gasteiger partial charge in [-0.2, -0.15) is 5.10 Å². The van der Waals surface area contributed by atoms with Crippen molar-refractivity contribution in [2.24, 2.45) is 0 Å².